The number of pyridine rings is 1. The van der Waals surface area contributed by atoms with Crippen LogP contribution in [0.5, 0.6) is 0 Å². The summed E-state index contributed by atoms with van der Waals surface area (Å²) >= 11 is 5.45. The molecule has 76 valence electrons. The maximum absolute atomic E-state index is 11.3. The van der Waals surface area contributed by atoms with Crippen LogP contribution in [-0.2, 0) is 6.54 Å². The number of nitro groups is 1. The average Bonchev–Trinajstić information content (AvgIpc) is 2.09. The third kappa shape index (κ3) is 2.11. The molecular weight excluding hydrogens is 208 g/mol. The van der Waals surface area contributed by atoms with Gasteiger partial charge in [0.1, 0.15) is 0 Å². The molecule has 0 radical (unpaired) electrons. The number of nitrogens with zero attached hydrogens (tertiary/aromatic N) is 2. The molecule has 1 aromatic heterocycles. The van der Waals surface area contributed by atoms with E-state index in [1.807, 2.05) is 0 Å². The predicted octanol–water partition coefficient (Wildman–Crippen LogP) is 1.30. The Morgan fingerprint density at radius 3 is 2.79 bits per heavy atom. The summed E-state index contributed by atoms with van der Waals surface area (Å²) in [5.41, 5.74) is 0.0364. The van der Waals surface area contributed by atoms with Crippen molar-refractivity contribution in [3.05, 3.63) is 38.3 Å². The zero-order valence-corrected chi connectivity index (χ0v) is 8.32. The fourth-order valence-electron chi connectivity index (χ4n) is 1.11. The van der Waals surface area contributed by atoms with Gasteiger partial charge in [0.15, 0.2) is 0 Å². The topological polar surface area (TPSA) is 65.1 Å². The van der Waals surface area contributed by atoms with Crippen LogP contribution in [0.25, 0.3) is 0 Å². The molecule has 0 aromatic carbocycles. The summed E-state index contributed by atoms with van der Waals surface area (Å²) in [5, 5.41) is 10.5. The van der Waals surface area contributed by atoms with E-state index in [4.69, 9.17) is 11.6 Å². The second-order valence-electron chi connectivity index (χ2n) is 2.82. The van der Waals surface area contributed by atoms with Gasteiger partial charge in [-0.15, -0.1) is 11.6 Å². The minimum absolute atomic E-state index is 0.0604. The third-order valence-electron chi connectivity index (χ3n) is 1.83. The van der Waals surface area contributed by atoms with Crippen LogP contribution in [0.1, 0.15) is 5.56 Å². The summed E-state index contributed by atoms with van der Waals surface area (Å²) in [4.78, 5) is 21.3. The number of aromatic nitrogens is 1. The lowest BCUT2D eigenvalue weighted by molar-refractivity contribution is -0.385. The molecule has 0 bridgehead atoms. The summed E-state index contributed by atoms with van der Waals surface area (Å²) in [6, 6.07) is 1.24. The van der Waals surface area contributed by atoms with Gasteiger partial charge in [-0.3, -0.25) is 14.9 Å². The molecule has 14 heavy (non-hydrogen) atoms. The monoisotopic (exact) mass is 216 g/mol. The lowest BCUT2D eigenvalue weighted by Crippen LogP contribution is -2.20. The first-order chi connectivity index (χ1) is 6.56. The zero-order valence-electron chi connectivity index (χ0n) is 7.57. The number of alkyl halides is 1. The van der Waals surface area contributed by atoms with Gasteiger partial charge in [0.25, 0.3) is 11.2 Å². The fourth-order valence-corrected chi connectivity index (χ4v) is 1.29. The van der Waals surface area contributed by atoms with Crippen molar-refractivity contribution >= 4 is 17.3 Å². The van der Waals surface area contributed by atoms with Crippen LogP contribution in [0.4, 0.5) is 5.69 Å². The van der Waals surface area contributed by atoms with Crippen LogP contribution < -0.4 is 5.56 Å². The van der Waals surface area contributed by atoms with Crippen LogP contribution in [0, 0.1) is 17.0 Å². The van der Waals surface area contributed by atoms with Gasteiger partial charge in [0, 0.05) is 24.1 Å². The molecule has 1 rings (SSSR count). The largest absolute Gasteiger partial charge is 0.308 e. The molecule has 0 fully saturated rings. The van der Waals surface area contributed by atoms with Crippen LogP contribution in [-0.4, -0.2) is 15.4 Å². The Hall–Kier alpha value is -1.36. The number of hydrogen-bond donors (Lipinski definition) is 0. The maximum Gasteiger partial charge on any atom is 0.288 e. The van der Waals surface area contributed by atoms with Crippen molar-refractivity contribution in [3.8, 4) is 0 Å². The van der Waals surface area contributed by atoms with Crippen molar-refractivity contribution in [2.45, 2.75) is 13.5 Å². The first-order valence-corrected chi connectivity index (χ1v) is 4.51. The molecule has 1 aromatic rings. The van der Waals surface area contributed by atoms with Gasteiger partial charge in [0.05, 0.1) is 11.1 Å². The molecule has 0 amide bonds. The lowest BCUT2D eigenvalue weighted by atomic mass is 10.2. The third-order valence-corrected chi connectivity index (χ3v) is 2.00. The Kier molecular flexibility index (Phi) is 3.24. The van der Waals surface area contributed by atoms with Crippen LogP contribution in [0.15, 0.2) is 17.1 Å². The molecule has 0 aliphatic rings. The predicted molar refractivity (Wildman–Crippen MR) is 52.8 cm³/mol. The summed E-state index contributed by atoms with van der Waals surface area (Å²) < 4.78 is 1.23. The second kappa shape index (κ2) is 4.23. The van der Waals surface area contributed by atoms with Gasteiger partial charge in [-0.05, 0) is 6.92 Å². The Balaban J connectivity index is 3.27. The van der Waals surface area contributed by atoms with Crippen LogP contribution in [0.3, 0.4) is 0 Å². The maximum atomic E-state index is 11.3. The van der Waals surface area contributed by atoms with E-state index in [0.717, 1.165) is 0 Å². The van der Waals surface area contributed by atoms with Crippen molar-refractivity contribution in [2.75, 3.05) is 5.88 Å². The number of hydrogen-bond acceptors (Lipinski definition) is 3. The van der Waals surface area contributed by atoms with E-state index < -0.39 is 4.92 Å². The smallest absolute Gasteiger partial charge is 0.288 e. The van der Waals surface area contributed by atoms with Crippen molar-refractivity contribution in [1.82, 2.24) is 4.57 Å². The first-order valence-electron chi connectivity index (χ1n) is 3.97. The summed E-state index contributed by atoms with van der Waals surface area (Å²) in [7, 11) is 0. The van der Waals surface area contributed by atoms with Gasteiger partial charge >= 0.3 is 0 Å². The molecular formula is C8H9ClN2O3. The molecule has 0 atom stereocenters. The zero-order chi connectivity index (χ0) is 10.7. The highest BCUT2D eigenvalue weighted by Gasteiger charge is 2.12. The van der Waals surface area contributed by atoms with E-state index in [0.29, 0.717) is 5.56 Å². The number of halogens is 1. The molecule has 0 unspecified atom stereocenters. The Morgan fingerprint density at radius 2 is 2.29 bits per heavy atom. The van der Waals surface area contributed by atoms with Crippen molar-refractivity contribution in [1.29, 1.82) is 0 Å². The molecule has 0 saturated heterocycles. The van der Waals surface area contributed by atoms with Gasteiger partial charge < -0.3 is 4.57 Å². The quantitative estimate of drug-likeness (QED) is 0.435. The fraction of sp³-hybridized carbons (Fsp3) is 0.375. The number of aryl methyl sites for hydroxylation is 2. The highest BCUT2D eigenvalue weighted by atomic mass is 35.5. The van der Waals surface area contributed by atoms with Crippen molar-refractivity contribution in [3.63, 3.8) is 0 Å². The van der Waals surface area contributed by atoms with E-state index in [1.54, 1.807) is 0 Å². The molecule has 0 saturated carbocycles. The van der Waals surface area contributed by atoms with E-state index >= 15 is 0 Å². The van der Waals surface area contributed by atoms with E-state index in [-0.39, 0.29) is 23.7 Å². The van der Waals surface area contributed by atoms with E-state index in [9.17, 15) is 14.9 Å². The van der Waals surface area contributed by atoms with Gasteiger partial charge in [-0.1, -0.05) is 0 Å². The first kappa shape index (κ1) is 10.7. The molecule has 1 heterocycles. The van der Waals surface area contributed by atoms with Gasteiger partial charge in [-0.2, -0.15) is 0 Å². The van der Waals surface area contributed by atoms with Crippen molar-refractivity contribution < 1.29 is 4.92 Å². The highest BCUT2D eigenvalue weighted by molar-refractivity contribution is 6.17. The second-order valence-corrected chi connectivity index (χ2v) is 3.20. The molecule has 0 spiro atoms. The van der Waals surface area contributed by atoms with E-state index in [1.165, 1.54) is 23.8 Å². The Labute approximate surface area is 85.1 Å². The van der Waals surface area contributed by atoms with E-state index in [2.05, 4.69) is 0 Å². The normalized spacial score (nSPS) is 10.1. The van der Waals surface area contributed by atoms with Crippen molar-refractivity contribution in [2.24, 2.45) is 0 Å². The Morgan fingerprint density at radius 1 is 1.64 bits per heavy atom. The Bertz CT molecular complexity index is 414. The van der Waals surface area contributed by atoms with Gasteiger partial charge in [0.2, 0.25) is 0 Å². The average molecular weight is 217 g/mol. The highest BCUT2D eigenvalue weighted by Crippen LogP contribution is 2.13. The van der Waals surface area contributed by atoms with Gasteiger partial charge in [-0.25, -0.2) is 0 Å². The summed E-state index contributed by atoms with van der Waals surface area (Å²) in [6.07, 6.45) is 1.22. The summed E-state index contributed by atoms with van der Waals surface area (Å²) in [6.45, 7) is 1.81. The molecule has 0 aliphatic carbocycles. The molecule has 0 aliphatic heterocycles. The molecule has 6 heteroatoms. The summed E-state index contributed by atoms with van der Waals surface area (Å²) in [5.74, 6) is 0.250. The number of rotatable bonds is 3. The lowest BCUT2D eigenvalue weighted by Gasteiger charge is -2.03. The van der Waals surface area contributed by atoms with Crippen LogP contribution >= 0.6 is 11.6 Å². The molecule has 5 nitrogen and oxygen atoms in total. The standard InChI is InChI=1S/C8H9ClN2O3/c1-6-4-8(12)10(3-2-9)5-7(6)11(13)14/h4-5H,2-3H2,1H3. The SMILES string of the molecule is Cc1cc(=O)n(CCCl)cc1[N+](=O)[O-]. The van der Waals surface area contributed by atoms with Crippen LogP contribution in [0.2, 0.25) is 0 Å². The minimum atomic E-state index is -0.514. The molecule has 0 N–H and O–H groups in total. The minimum Gasteiger partial charge on any atom is -0.308 e.